The highest BCUT2D eigenvalue weighted by Gasteiger charge is 2.22. The molecule has 2 heterocycles. The van der Waals surface area contributed by atoms with Crippen LogP contribution in [0.15, 0.2) is 0 Å². The van der Waals surface area contributed by atoms with Crippen LogP contribution in [-0.4, -0.2) is 23.3 Å². The van der Waals surface area contributed by atoms with Crippen molar-refractivity contribution in [3.63, 3.8) is 0 Å². The van der Waals surface area contributed by atoms with Crippen molar-refractivity contribution < 1.29 is 0 Å². The first-order valence-corrected chi connectivity index (χ1v) is 7.45. The molecule has 0 saturated carbocycles. The summed E-state index contributed by atoms with van der Waals surface area (Å²) in [5.74, 6) is 1.91. The fraction of sp³-hybridized carbons (Fsp3) is 0.733. The van der Waals surface area contributed by atoms with Gasteiger partial charge in [-0.1, -0.05) is 19.8 Å². The lowest BCUT2D eigenvalue weighted by atomic mass is 9.92. The Morgan fingerprint density at radius 1 is 1.21 bits per heavy atom. The van der Waals surface area contributed by atoms with E-state index in [2.05, 4.69) is 28.9 Å². The number of piperidine rings is 1. The Kier molecular flexibility index (Phi) is 4.75. The maximum Gasteiger partial charge on any atom is 0.156 e. The van der Waals surface area contributed by atoms with Gasteiger partial charge in [-0.2, -0.15) is 5.10 Å². The van der Waals surface area contributed by atoms with Crippen molar-refractivity contribution in [3.8, 4) is 0 Å². The van der Waals surface area contributed by atoms with Crippen molar-refractivity contribution in [2.75, 3.05) is 18.0 Å². The van der Waals surface area contributed by atoms with Crippen LogP contribution in [-0.2, 0) is 6.54 Å². The van der Waals surface area contributed by atoms with Gasteiger partial charge < -0.3 is 10.6 Å². The lowest BCUT2D eigenvalue weighted by Gasteiger charge is -2.33. The third-order valence-electron chi connectivity index (χ3n) is 4.38. The van der Waals surface area contributed by atoms with E-state index in [0.29, 0.717) is 6.54 Å². The Bertz CT molecular complexity index is 422. The Labute approximate surface area is 116 Å². The first-order chi connectivity index (χ1) is 9.17. The molecule has 4 heteroatoms. The number of aromatic nitrogens is 2. The summed E-state index contributed by atoms with van der Waals surface area (Å²) in [6, 6.07) is 0. The van der Waals surface area contributed by atoms with Crippen LogP contribution in [0, 0.1) is 19.8 Å². The molecule has 1 aromatic heterocycles. The fourth-order valence-electron chi connectivity index (χ4n) is 2.98. The number of hydrogen-bond acceptors (Lipinski definition) is 4. The van der Waals surface area contributed by atoms with Gasteiger partial charge in [-0.15, -0.1) is 5.10 Å². The minimum Gasteiger partial charge on any atom is -0.355 e. The zero-order valence-corrected chi connectivity index (χ0v) is 12.4. The van der Waals surface area contributed by atoms with Gasteiger partial charge in [-0.25, -0.2) is 0 Å². The lowest BCUT2D eigenvalue weighted by Crippen LogP contribution is -2.35. The third-order valence-corrected chi connectivity index (χ3v) is 4.38. The molecule has 19 heavy (non-hydrogen) atoms. The average Bonchev–Trinajstić information content (AvgIpc) is 2.43. The van der Waals surface area contributed by atoms with Gasteiger partial charge in [-0.05, 0) is 38.2 Å². The summed E-state index contributed by atoms with van der Waals surface area (Å²) in [7, 11) is 0. The third kappa shape index (κ3) is 3.06. The number of hydrogen-bond donors (Lipinski definition) is 1. The van der Waals surface area contributed by atoms with E-state index in [1.807, 2.05) is 6.92 Å². The van der Waals surface area contributed by atoms with E-state index in [0.717, 1.165) is 30.5 Å². The molecule has 1 aromatic rings. The largest absolute Gasteiger partial charge is 0.355 e. The molecule has 0 aromatic carbocycles. The Morgan fingerprint density at radius 3 is 2.47 bits per heavy atom. The molecule has 0 spiro atoms. The quantitative estimate of drug-likeness (QED) is 0.906. The standard InChI is InChI=1S/C15H26N4/c1-4-5-13-6-8-19(9-7-13)15-14(10-16)11(2)12(3)17-18-15/h13H,4-10,16H2,1-3H3. The monoisotopic (exact) mass is 262 g/mol. The molecule has 2 rings (SSSR count). The summed E-state index contributed by atoms with van der Waals surface area (Å²) in [5, 5.41) is 8.67. The van der Waals surface area contributed by atoms with Gasteiger partial charge in [0.2, 0.25) is 0 Å². The second kappa shape index (κ2) is 6.33. The molecular weight excluding hydrogens is 236 g/mol. The summed E-state index contributed by atoms with van der Waals surface area (Å²) >= 11 is 0. The van der Waals surface area contributed by atoms with Crippen molar-refractivity contribution >= 4 is 5.82 Å². The van der Waals surface area contributed by atoms with Crippen molar-refractivity contribution in [2.45, 2.75) is 53.0 Å². The molecule has 1 aliphatic heterocycles. The van der Waals surface area contributed by atoms with Crippen LogP contribution in [0.4, 0.5) is 5.82 Å². The van der Waals surface area contributed by atoms with Gasteiger partial charge >= 0.3 is 0 Å². The maximum absolute atomic E-state index is 5.91. The zero-order valence-electron chi connectivity index (χ0n) is 12.4. The summed E-state index contributed by atoms with van der Waals surface area (Å²) in [4.78, 5) is 2.37. The smallest absolute Gasteiger partial charge is 0.156 e. The van der Waals surface area contributed by atoms with Gasteiger partial charge in [0.05, 0.1) is 5.69 Å². The van der Waals surface area contributed by atoms with E-state index in [1.165, 1.54) is 36.8 Å². The molecule has 106 valence electrons. The summed E-state index contributed by atoms with van der Waals surface area (Å²) in [5.41, 5.74) is 9.26. The molecular formula is C15H26N4. The zero-order chi connectivity index (χ0) is 13.8. The predicted molar refractivity (Wildman–Crippen MR) is 79.2 cm³/mol. The van der Waals surface area contributed by atoms with Crippen LogP contribution in [0.3, 0.4) is 0 Å². The van der Waals surface area contributed by atoms with Crippen molar-refractivity contribution in [3.05, 3.63) is 16.8 Å². The number of rotatable bonds is 4. The van der Waals surface area contributed by atoms with Crippen molar-refractivity contribution in [1.82, 2.24) is 10.2 Å². The molecule has 0 amide bonds. The molecule has 0 unspecified atom stereocenters. The van der Waals surface area contributed by atoms with Crippen molar-refractivity contribution in [1.29, 1.82) is 0 Å². The number of nitrogens with zero attached hydrogens (tertiary/aromatic N) is 3. The van der Waals surface area contributed by atoms with E-state index >= 15 is 0 Å². The Hall–Kier alpha value is -1.16. The highest BCUT2D eigenvalue weighted by molar-refractivity contribution is 5.50. The molecule has 4 nitrogen and oxygen atoms in total. The highest BCUT2D eigenvalue weighted by Crippen LogP contribution is 2.28. The molecule has 1 fully saturated rings. The normalized spacial score (nSPS) is 16.9. The molecule has 0 atom stereocenters. The van der Waals surface area contributed by atoms with Crippen LogP contribution in [0.25, 0.3) is 0 Å². The van der Waals surface area contributed by atoms with E-state index in [-0.39, 0.29) is 0 Å². The van der Waals surface area contributed by atoms with Crippen LogP contribution >= 0.6 is 0 Å². The van der Waals surface area contributed by atoms with E-state index < -0.39 is 0 Å². The Balaban J connectivity index is 2.13. The number of aryl methyl sites for hydroxylation is 1. The summed E-state index contributed by atoms with van der Waals surface area (Å²) < 4.78 is 0. The van der Waals surface area contributed by atoms with Crippen LogP contribution in [0.5, 0.6) is 0 Å². The second-order valence-electron chi connectivity index (χ2n) is 5.64. The first kappa shape index (κ1) is 14.3. The first-order valence-electron chi connectivity index (χ1n) is 7.45. The Morgan fingerprint density at radius 2 is 1.89 bits per heavy atom. The maximum atomic E-state index is 5.91. The topological polar surface area (TPSA) is 55.0 Å². The van der Waals surface area contributed by atoms with E-state index in [1.54, 1.807) is 0 Å². The molecule has 0 aliphatic carbocycles. The fourth-order valence-corrected chi connectivity index (χ4v) is 2.98. The minimum absolute atomic E-state index is 0.548. The van der Waals surface area contributed by atoms with Crippen LogP contribution in [0.1, 0.15) is 49.4 Å². The van der Waals surface area contributed by atoms with Crippen molar-refractivity contribution in [2.24, 2.45) is 11.7 Å². The van der Waals surface area contributed by atoms with E-state index in [9.17, 15) is 0 Å². The van der Waals surface area contributed by atoms with E-state index in [4.69, 9.17) is 5.73 Å². The number of nitrogens with two attached hydrogens (primary N) is 1. The SMILES string of the molecule is CCCC1CCN(c2nnc(C)c(C)c2CN)CC1. The molecule has 0 radical (unpaired) electrons. The van der Waals surface area contributed by atoms with Gasteiger partial charge in [0.15, 0.2) is 5.82 Å². The van der Waals surface area contributed by atoms with Gasteiger partial charge in [-0.3, -0.25) is 0 Å². The van der Waals surface area contributed by atoms with Crippen LogP contribution < -0.4 is 10.6 Å². The average molecular weight is 262 g/mol. The predicted octanol–water partition coefficient (Wildman–Crippen LogP) is 2.57. The lowest BCUT2D eigenvalue weighted by molar-refractivity contribution is 0.376. The summed E-state index contributed by atoms with van der Waals surface area (Å²) in [6.07, 6.45) is 5.19. The van der Waals surface area contributed by atoms with Gasteiger partial charge in [0.1, 0.15) is 0 Å². The van der Waals surface area contributed by atoms with Gasteiger partial charge in [0, 0.05) is 25.2 Å². The highest BCUT2D eigenvalue weighted by atomic mass is 15.3. The molecule has 1 aliphatic rings. The number of anilines is 1. The minimum atomic E-state index is 0.548. The summed E-state index contributed by atoms with van der Waals surface area (Å²) in [6.45, 7) is 9.10. The second-order valence-corrected chi connectivity index (χ2v) is 5.64. The molecule has 1 saturated heterocycles. The molecule has 0 bridgehead atoms. The van der Waals surface area contributed by atoms with Crippen LogP contribution in [0.2, 0.25) is 0 Å². The molecule has 2 N–H and O–H groups in total. The van der Waals surface area contributed by atoms with Gasteiger partial charge in [0.25, 0.3) is 0 Å².